The van der Waals surface area contributed by atoms with Gasteiger partial charge in [-0.1, -0.05) is 80.1 Å². The van der Waals surface area contributed by atoms with E-state index in [1.54, 1.807) is 4.31 Å². The fourth-order valence-corrected chi connectivity index (χ4v) is 7.14. The first-order valence-electron chi connectivity index (χ1n) is 13.8. The molecule has 2 aliphatic rings. The lowest BCUT2D eigenvalue weighted by Crippen LogP contribution is -2.39. The molecule has 0 fully saturated rings. The maximum absolute atomic E-state index is 14.1. The molecule has 2 aromatic carbocycles. The number of para-hydroxylation sites is 1. The first-order chi connectivity index (χ1) is 18.5. The SMILES string of the molecule is CCc1cccc2c1N(S(=O)(=O)c1cc(C(CCCCC3=C/C=C\C=C/C=C\3)CNC)ccc1C)CCN2.[HH]. The Bertz CT molecular complexity index is 1330. The van der Waals surface area contributed by atoms with Crippen LogP contribution in [-0.4, -0.2) is 35.1 Å². The lowest BCUT2D eigenvalue weighted by molar-refractivity contribution is 0.544. The molecule has 2 aromatic rings. The normalized spacial score (nSPS) is 19.8. The van der Waals surface area contributed by atoms with Gasteiger partial charge in [0, 0.05) is 14.5 Å². The van der Waals surface area contributed by atoms with E-state index in [2.05, 4.69) is 60.1 Å². The second kappa shape index (κ2) is 13.1. The quantitative estimate of drug-likeness (QED) is 0.309. The van der Waals surface area contributed by atoms with Crippen molar-refractivity contribution in [1.82, 2.24) is 5.32 Å². The van der Waals surface area contributed by atoms with E-state index in [1.807, 2.05) is 50.4 Å². The van der Waals surface area contributed by atoms with Gasteiger partial charge in [0.2, 0.25) is 0 Å². The number of anilines is 2. The fourth-order valence-electron chi connectivity index (χ4n) is 5.35. The molecule has 1 atom stereocenters. The number of likely N-dealkylation sites (N-methyl/N-ethyl adjacent to an activating group) is 1. The second-order valence-electron chi connectivity index (χ2n) is 10.1. The summed E-state index contributed by atoms with van der Waals surface area (Å²) >= 11 is 0. The van der Waals surface area contributed by atoms with Crippen molar-refractivity contribution in [3.63, 3.8) is 0 Å². The number of nitrogens with one attached hydrogen (secondary N) is 2. The number of hydrogen-bond acceptors (Lipinski definition) is 4. The van der Waals surface area contributed by atoms with Gasteiger partial charge in [0.15, 0.2) is 0 Å². The molecular formula is C32H43N3O2S. The average Bonchev–Trinajstić information content (AvgIpc) is 2.90. The highest BCUT2D eigenvalue weighted by molar-refractivity contribution is 7.93. The van der Waals surface area contributed by atoms with Crippen molar-refractivity contribution in [3.05, 3.63) is 101 Å². The number of aryl methyl sites for hydroxylation is 2. The fraction of sp³-hybridized carbons (Fsp3) is 0.375. The number of hydrogen-bond donors (Lipinski definition) is 2. The summed E-state index contributed by atoms with van der Waals surface area (Å²) in [4.78, 5) is 0.416. The molecule has 0 spiro atoms. The highest BCUT2D eigenvalue weighted by atomic mass is 32.2. The highest BCUT2D eigenvalue weighted by Crippen LogP contribution is 2.38. The van der Waals surface area contributed by atoms with Gasteiger partial charge in [0.05, 0.1) is 22.8 Å². The van der Waals surface area contributed by atoms with Gasteiger partial charge in [-0.15, -0.1) is 0 Å². The highest BCUT2D eigenvalue weighted by Gasteiger charge is 2.32. The molecule has 1 aliphatic heterocycles. The Labute approximate surface area is 230 Å². The molecule has 4 rings (SSSR count). The van der Waals surface area contributed by atoms with Crippen LogP contribution in [0.25, 0.3) is 0 Å². The van der Waals surface area contributed by atoms with Gasteiger partial charge in [0.25, 0.3) is 10.0 Å². The summed E-state index contributed by atoms with van der Waals surface area (Å²) in [5.74, 6) is 0.251. The molecule has 2 N–H and O–H groups in total. The van der Waals surface area contributed by atoms with Crippen LogP contribution in [0.2, 0.25) is 0 Å². The standard InChI is InChI=1S/C32H41N3O2S.H2/c1-4-27-17-12-18-30-32(27)35(22-21-34-30)38(36,37)31-23-28(20-19-25(31)2)29(24-33-3)16-11-10-15-26-13-8-6-5-7-9-14-26;/h5-9,12-14,17-20,23,29,33-34H,4,10-11,15-16,21-22,24H2,1-3H3;1H/b6-5-,7-5?,8-6?,9-7-,13-8-,14-9?,26-13?,26-14+;. The maximum Gasteiger partial charge on any atom is 0.264 e. The van der Waals surface area contributed by atoms with E-state index in [1.165, 1.54) is 5.57 Å². The lowest BCUT2D eigenvalue weighted by Gasteiger charge is -2.33. The zero-order valence-corrected chi connectivity index (χ0v) is 23.7. The summed E-state index contributed by atoms with van der Waals surface area (Å²) in [6.45, 7) is 5.80. The van der Waals surface area contributed by atoms with Crippen LogP contribution in [0.1, 0.15) is 56.6 Å². The van der Waals surface area contributed by atoms with E-state index in [4.69, 9.17) is 0 Å². The van der Waals surface area contributed by atoms with E-state index in [0.29, 0.717) is 18.0 Å². The first kappa shape index (κ1) is 27.9. The van der Waals surface area contributed by atoms with Crippen LogP contribution in [0.5, 0.6) is 0 Å². The Kier molecular flexibility index (Phi) is 9.64. The molecule has 5 nitrogen and oxygen atoms in total. The van der Waals surface area contributed by atoms with Gasteiger partial charge in [0.1, 0.15) is 0 Å². The van der Waals surface area contributed by atoms with Gasteiger partial charge in [-0.3, -0.25) is 4.31 Å². The van der Waals surface area contributed by atoms with Gasteiger partial charge >= 0.3 is 0 Å². The largest absolute Gasteiger partial charge is 0.382 e. The Morgan fingerprint density at radius 1 is 1.08 bits per heavy atom. The molecule has 0 bridgehead atoms. The number of nitrogens with zero attached hydrogens (tertiary/aromatic N) is 1. The second-order valence-corrected chi connectivity index (χ2v) is 11.9. The molecule has 38 heavy (non-hydrogen) atoms. The van der Waals surface area contributed by atoms with Crippen molar-refractivity contribution in [2.24, 2.45) is 0 Å². The Balaban J connectivity index is 0.00000420. The molecule has 1 aliphatic carbocycles. The van der Waals surface area contributed by atoms with E-state index >= 15 is 0 Å². The van der Waals surface area contributed by atoms with E-state index < -0.39 is 10.0 Å². The maximum atomic E-state index is 14.1. The molecule has 0 saturated carbocycles. The van der Waals surface area contributed by atoms with Gasteiger partial charge < -0.3 is 10.6 Å². The van der Waals surface area contributed by atoms with E-state index in [-0.39, 0.29) is 7.34 Å². The minimum atomic E-state index is -3.71. The predicted octanol–water partition coefficient (Wildman–Crippen LogP) is 6.90. The third-order valence-electron chi connectivity index (χ3n) is 7.42. The van der Waals surface area contributed by atoms with E-state index in [0.717, 1.165) is 66.7 Å². The number of unbranched alkanes of at least 4 members (excludes halogenated alkanes) is 1. The zero-order valence-electron chi connectivity index (χ0n) is 22.9. The zero-order chi connectivity index (χ0) is 27.0. The van der Waals surface area contributed by atoms with Crippen LogP contribution in [0.4, 0.5) is 11.4 Å². The monoisotopic (exact) mass is 533 g/mol. The van der Waals surface area contributed by atoms with Crippen molar-refractivity contribution in [2.75, 3.05) is 36.3 Å². The van der Waals surface area contributed by atoms with Crippen LogP contribution in [0, 0.1) is 6.92 Å². The lowest BCUT2D eigenvalue weighted by atomic mass is 9.92. The smallest absolute Gasteiger partial charge is 0.264 e. The van der Waals surface area contributed by atoms with Crippen molar-refractivity contribution < 1.29 is 9.84 Å². The minimum Gasteiger partial charge on any atom is -0.382 e. The number of allylic oxidation sites excluding steroid dienone is 8. The van der Waals surface area contributed by atoms with Crippen LogP contribution in [0.3, 0.4) is 0 Å². The summed E-state index contributed by atoms with van der Waals surface area (Å²) < 4.78 is 29.9. The topological polar surface area (TPSA) is 61.4 Å². The number of sulfonamides is 1. The average molecular weight is 534 g/mol. The minimum absolute atomic E-state index is 0. The van der Waals surface area contributed by atoms with Crippen LogP contribution < -0.4 is 14.9 Å². The summed E-state index contributed by atoms with van der Waals surface area (Å²) in [6, 6.07) is 12.0. The molecule has 1 heterocycles. The third kappa shape index (κ3) is 6.48. The summed E-state index contributed by atoms with van der Waals surface area (Å²) in [5, 5.41) is 6.71. The molecule has 6 heteroatoms. The van der Waals surface area contributed by atoms with Crippen molar-refractivity contribution in [2.45, 2.75) is 56.8 Å². The molecule has 204 valence electrons. The Hall–Kier alpha value is -3.09. The van der Waals surface area contributed by atoms with Crippen LogP contribution in [0.15, 0.2) is 89.4 Å². The summed E-state index contributed by atoms with van der Waals surface area (Å²) in [5.41, 5.74) is 5.93. The van der Waals surface area contributed by atoms with Crippen LogP contribution >= 0.6 is 0 Å². The van der Waals surface area contributed by atoms with Crippen molar-refractivity contribution in [1.29, 1.82) is 0 Å². The molecular weight excluding hydrogens is 490 g/mol. The van der Waals surface area contributed by atoms with Crippen molar-refractivity contribution in [3.8, 4) is 0 Å². The van der Waals surface area contributed by atoms with Crippen LogP contribution in [-0.2, 0) is 16.4 Å². The van der Waals surface area contributed by atoms with E-state index in [9.17, 15) is 8.42 Å². The first-order valence-corrected chi connectivity index (χ1v) is 15.2. The van der Waals surface area contributed by atoms with Gasteiger partial charge in [-0.2, -0.15) is 0 Å². The predicted molar refractivity (Wildman–Crippen MR) is 163 cm³/mol. The molecule has 1 unspecified atom stereocenters. The molecule has 0 amide bonds. The molecule has 0 aromatic heterocycles. The number of rotatable bonds is 11. The summed E-state index contributed by atoms with van der Waals surface area (Å²) in [6.07, 6.45) is 19.7. The molecule has 0 saturated heterocycles. The molecule has 0 radical (unpaired) electrons. The Morgan fingerprint density at radius 2 is 1.89 bits per heavy atom. The van der Waals surface area contributed by atoms with Crippen molar-refractivity contribution >= 4 is 21.4 Å². The third-order valence-corrected chi connectivity index (χ3v) is 9.36. The Morgan fingerprint density at radius 3 is 2.71 bits per heavy atom. The van der Waals surface area contributed by atoms with Gasteiger partial charge in [-0.05, 0) is 80.0 Å². The number of benzene rings is 2. The summed E-state index contributed by atoms with van der Waals surface area (Å²) in [7, 11) is -1.74. The number of fused-ring (bicyclic) bond motifs is 1. The van der Waals surface area contributed by atoms with Gasteiger partial charge in [-0.25, -0.2) is 8.42 Å².